The van der Waals surface area contributed by atoms with Gasteiger partial charge in [0.1, 0.15) is 0 Å². The molecule has 0 bridgehead atoms. The van der Waals surface area contributed by atoms with E-state index in [0.29, 0.717) is 5.06 Å². The summed E-state index contributed by atoms with van der Waals surface area (Å²) in [6.07, 6.45) is 0.223. The van der Waals surface area contributed by atoms with E-state index in [2.05, 4.69) is 11.7 Å². The van der Waals surface area contributed by atoms with E-state index < -0.39 is 34.5 Å². The molecule has 1 rings (SSSR count). The maximum atomic E-state index is 12.2. The fourth-order valence-corrected chi connectivity index (χ4v) is 2.33. The summed E-state index contributed by atoms with van der Waals surface area (Å²) < 4.78 is 0. The number of hydrogen-bond donors (Lipinski definition) is 0. The monoisotopic (exact) mass is 296 g/mol. The molecule has 7 nitrogen and oxygen atoms in total. The van der Waals surface area contributed by atoms with Crippen LogP contribution in [0.1, 0.15) is 47.0 Å². The van der Waals surface area contributed by atoms with Crippen molar-refractivity contribution in [3.8, 4) is 0 Å². The van der Waals surface area contributed by atoms with Crippen LogP contribution in [0.25, 0.3) is 0 Å². The van der Waals surface area contributed by atoms with Crippen LogP contribution in [0.15, 0.2) is 4.99 Å². The standard InChI is InChI=1S/C14H20N2O5/c1-13(2,11(19)15-5)8-14(3,4)12(20)21-16-9(17)6-7-10(16)18/h5-8H2,1-4H3. The van der Waals surface area contributed by atoms with Crippen LogP contribution in [-0.2, 0) is 24.0 Å². The third kappa shape index (κ3) is 3.74. The first kappa shape index (κ1) is 17.0. The molecule has 0 aromatic heterocycles. The molecule has 0 atom stereocenters. The van der Waals surface area contributed by atoms with Gasteiger partial charge in [-0.1, -0.05) is 13.8 Å². The van der Waals surface area contributed by atoms with Gasteiger partial charge in [0.05, 0.1) is 5.41 Å². The molecule has 3 amide bonds. The second kappa shape index (κ2) is 5.75. The van der Waals surface area contributed by atoms with Crippen molar-refractivity contribution >= 4 is 30.4 Å². The largest absolute Gasteiger partial charge is 0.338 e. The molecule has 1 saturated heterocycles. The Morgan fingerprint density at radius 2 is 1.62 bits per heavy atom. The van der Waals surface area contributed by atoms with Gasteiger partial charge >= 0.3 is 5.97 Å². The van der Waals surface area contributed by atoms with E-state index in [1.165, 1.54) is 0 Å². The van der Waals surface area contributed by atoms with Gasteiger partial charge in [-0.2, -0.15) is 0 Å². The van der Waals surface area contributed by atoms with Crippen molar-refractivity contribution in [3.63, 3.8) is 0 Å². The Kier molecular flexibility index (Phi) is 4.65. The van der Waals surface area contributed by atoms with E-state index in [-0.39, 0.29) is 19.3 Å². The van der Waals surface area contributed by atoms with Crippen LogP contribution in [0, 0.1) is 10.8 Å². The highest BCUT2D eigenvalue weighted by Crippen LogP contribution is 2.36. The first-order chi connectivity index (χ1) is 9.51. The number of rotatable bonds is 5. The Balaban J connectivity index is 2.80. The lowest BCUT2D eigenvalue weighted by atomic mass is 9.74. The number of hydroxylamine groups is 2. The van der Waals surface area contributed by atoms with Crippen LogP contribution >= 0.6 is 0 Å². The van der Waals surface area contributed by atoms with Gasteiger partial charge in [-0.25, -0.2) is 9.79 Å². The van der Waals surface area contributed by atoms with E-state index in [1.807, 2.05) is 0 Å². The molecule has 21 heavy (non-hydrogen) atoms. The molecule has 1 fully saturated rings. The molecule has 1 aliphatic rings. The van der Waals surface area contributed by atoms with Crippen molar-refractivity contribution in [2.24, 2.45) is 15.8 Å². The summed E-state index contributed by atoms with van der Waals surface area (Å²) in [5.74, 6) is -2.24. The van der Waals surface area contributed by atoms with E-state index >= 15 is 0 Å². The van der Waals surface area contributed by atoms with Gasteiger partial charge < -0.3 is 4.84 Å². The molecular weight excluding hydrogens is 276 g/mol. The Morgan fingerprint density at radius 3 is 2.05 bits per heavy atom. The van der Waals surface area contributed by atoms with Crippen LogP contribution < -0.4 is 0 Å². The average molecular weight is 296 g/mol. The molecule has 1 heterocycles. The van der Waals surface area contributed by atoms with Gasteiger partial charge in [-0.15, -0.1) is 5.06 Å². The Morgan fingerprint density at radius 1 is 1.14 bits per heavy atom. The average Bonchev–Trinajstić information content (AvgIpc) is 2.68. The van der Waals surface area contributed by atoms with Crippen LogP contribution in [0.5, 0.6) is 0 Å². The topological polar surface area (TPSA) is 93.1 Å². The summed E-state index contributed by atoms with van der Waals surface area (Å²) in [7, 11) is 0. The molecule has 0 aliphatic carbocycles. The maximum Gasteiger partial charge on any atom is 0.338 e. The van der Waals surface area contributed by atoms with Gasteiger partial charge in [-0.3, -0.25) is 14.4 Å². The minimum Gasteiger partial charge on any atom is -0.330 e. The molecule has 1 aliphatic heterocycles. The summed E-state index contributed by atoms with van der Waals surface area (Å²) in [6, 6.07) is 0. The zero-order valence-corrected chi connectivity index (χ0v) is 12.8. The SMILES string of the molecule is C=NC(=O)C(C)(C)CC(C)(C)C(=O)ON1C(=O)CCC1=O. The Hall–Kier alpha value is -2.05. The lowest BCUT2D eigenvalue weighted by Crippen LogP contribution is -2.40. The quantitative estimate of drug-likeness (QED) is 0.562. The molecule has 0 aromatic rings. The molecule has 7 heteroatoms. The molecule has 0 N–H and O–H groups in total. The third-order valence-corrected chi connectivity index (χ3v) is 3.34. The number of carbonyl (C=O) groups is 4. The molecular formula is C14H20N2O5. The van der Waals surface area contributed by atoms with Crippen molar-refractivity contribution in [1.29, 1.82) is 0 Å². The predicted molar refractivity (Wildman–Crippen MR) is 73.9 cm³/mol. The zero-order valence-electron chi connectivity index (χ0n) is 12.8. The van der Waals surface area contributed by atoms with Crippen LogP contribution in [-0.4, -0.2) is 35.5 Å². The molecule has 0 spiro atoms. The van der Waals surface area contributed by atoms with Crippen molar-refractivity contribution in [3.05, 3.63) is 0 Å². The summed E-state index contributed by atoms with van der Waals surface area (Å²) in [5, 5.41) is 0.505. The fraction of sp³-hybridized carbons (Fsp3) is 0.643. The Bertz CT molecular complexity index is 491. The minimum absolute atomic E-state index is 0.0386. The zero-order chi connectivity index (χ0) is 16.4. The van der Waals surface area contributed by atoms with Crippen molar-refractivity contribution in [1.82, 2.24) is 5.06 Å². The van der Waals surface area contributed by atoms with E-state index in [9.17, 15) is 19.2 Å². The molecule has 0 radical (unpaired) electrons. The van der Waals surface area contributed by atoms with E-state index in [4.69, 9.17) is 4.84 Å². The summed E-state index contributed by atoms with van der Waals surface area (Å²) >= 11 is 0. The van der Waals surface area contributed by atoms with Gasteiger partial charge in [0.2, 0.25) is 0 Å². The summed E-state index contributed by atoms with van der Waals surface area (Å²) in [6.45, 7) is 9.64. The Labute approximate surface area is 123 Å². The predicted octanol–water partition coefficient (Wildman–Crippen LogP) is 1.26. The van der Waals surface area contributed by atoms with Gasteiger partial charge in [-0.05, 0) is 27.0 Å². The molecule has 0 aromatic carbocycles. The molecule has 116 valence electrons. The lowest BCUT2D eigenvalue weighted by Gasteiger charge is -2.31. The first-order valence-corrected chi connectivity index (χ1v) is 6.60. The number of amides is 3. The molecule has 0 saturated carbocycles. The highest BCUT2D eigenvalue weighted by Gasteiger charge is 2.42. The number of hydrogen-bond acceptors (Lipinski definition) is 5. The normalized spacial score (nSPS) is 16.1. The highest BCUT2D eigenvalue weighted by molar-refractivity contribution is 6.01. The van der Waals surface area contributed by atoms with Crippen molar-refractivity contribution in [2.75, 3.05) is 0 Å². The second-order valence-corrected chi connectivity index (χ2v) is 6.37. The second-order valence-electron chi connectivity index (χ2n) is 6.37. The van der Waals surface area contributed by atoms with Crippen molar-refractivity contribution < 1.29 is 24.0 Å². The summed E-state index contributed by atoms with van der Waals surface area (Å²) in [5.41, 5.74) is -1.96. The number of aliphatic imine (C=N–C) groups is 1. The third-order valence-electron chi connectivity index (χ3n) is 3.34. The first-order valence-electron chi connectivity index (χ1n) is 6.60. The number of carbonyl (C=O) groups excluding carboxylic acids is 4. The fourth-order valence-electron chi connectivity index (χ4n) is 2.33. The highest BCUT2D eigenvalue weighted by atomic mass is 16.7. The van der Waals surface area contributed by atoms with Gasteiger partial charge in [0.15, 0.2) is 0 Å². The van der Waals surface area contributed by atoms with E-state index in [0.717, 1.165) is 0 Å². The maximum absolute atomic E-state index is 12.2. The lowest BCUT2D eigenvalue weighted by molar-refractivity contribution is -0.205. The number of imide groups is 1. The minimum atomic E-state index is -1.06. The van der Waals surface area contributed by atoms with Crippen LogP contribution in [0.4, 0.5) is 0 Å². The summed E-state index contributed by atoms with van der Waals surface area (Å²) in [4.78, 5) is 55.0. The van der Waals surface area contributed by atoms with E-state index in [1.54, 1.807) is 27.7 Å². The van der Waals surface area contributed by atoms with Gasteiger partial charge in [0.25, 0.3) is 17.7 Å². The van der Waals surface area contributed by atoms with Gasteiger partial charge in [0, 0.05) is 18.3 Å². The van der Waals surface area contributed by atoms with Crippen LogP contribution in [0.2, 0.25) is 0 Å². The van der Waals surface area contributed by atoms with Crippen LogP contribution in [0.3, 0.4) is 0 Å². The van der Waals surface area contributed by atoms with Crippen molar-refractivity contribution in [2.45, 2.75) is 47.0 Å². The molecule has 0 unspecified atom stereocenters. The smallest absolute Gasteiger partial charge is 0.330 e. The number of nitrogens with zero attached hydrogens (tertiary/aromatic N) is 2.